The van der Waals surface area contributed by atoms with Gasteiger partial charge in [-0.05, 0) is 30.5 Å². The summed E-state index contributed by atoms with van der Waals surface area (Å²) in [5, 5.41) is 6.01. The Morgan fingerprint density at radius 2 is 1.78 bits per heavy atom. The maximum Gasteiger partial charge on any atom is 0.237 e. The zero-order valence-electron chi connectivity index (χ0n) is 15.9. The van der Waals surface area contributed by atoms with E-state index in [1.54, 1.807) is 12.1 Å². The molecular formula is C21H30FN3O2. The monoisotopic (exact) mass is 375 g/mol. The van der Waals surface area contributed by atoms with Crippen molar-refractivity contribution >= 4 is 11.8 Å². The summed E-state index contributed by atoms with van der Waals surface area (Å²) in [6.45, 7) is 1.79. The molecule has 6 heteroatoms. The van der Waals surface area contributed by atoms with Crippen molar-refractivity contribution in [3.05, 3.63) is 35.6 Å². The van der Waals surface area contributed by atoms with Gasteiger partial charge in [0.1, 0.15) is 5.82 Å². The summed E-state index contributed by atoms with van der Waals surface area (Å²) in [5.74, 6) is -0.423. The number of halogens is 1. The van der Waals surface area contributed by atoms with E-state index in [-0.39, 0.29) is 30.1 Å². The van der Waals surface area contributed by atoms with Gasteiger partial charge in [0.25, 0.3) is 0 Å². The Labute approximate surface area is 160 Å². The van der Waals surface area contributed by atoms with Crippen LogP contribution in [0.2, 0.25) is 0 Å². The minimum Gasteiger partial charge on any atom is -0.353 e. The first kappa shape index (κ1) is 19.8. The number of carbonyl (C=O) groups excluding carboxylic acids is 2. The van der Waals surface area contributed by atoms with Crippen molar-refractivity contribution in [3.63, 3.8) is 0 Å². The van der Waals surface area contributed by atoms with Gasteiger partial charge < -0.3 is 10.6 Å². The third kappa shape index (κ3) is 6.03. The molecule has 0 unspecified atom stereocenters. The van der Waals surface area contributed by atoms with Crippen LogP contribution in [-0.2, 0) is 16.1 Å². The summed E-state index contributed by atoms with van der Waals surface area (Å²) in [6.07, 6.45) is 8.32. The van der Waals surface area contributed by atoms with E-state index in [0.717, 1.165) is 31.2 Å². The molecule has 5 nitrogen and oxygen atoms in total. The van der Waals surface area contributed by atoms with Gasteiger partial charge in [-0.3, -0.25) is 14.5 Å². The third-order valence-corrected chi connectivity index (χ3v) is 5.59. The van der Waals surface area contributed by atoms with Crippen LogP contribution in [-0.4, -0.2) is 41.9 Å². The minimum atomic E-state index is -0.475. The lowest BCUT2D eigenvalue weighted by molar-refractivity contribution is -0.134. The Morgan fingerprint density at radius 3 is 2.48 bits per heavy atom. The van der Waals surface area contributed by atoms with Gasteiger partial charge in [-0.15, -0.1) is 0 Å². The van der Waals surface area contributed by atoms with Gasteiger partial charge in [0.05, 0.1) is 12.5 Å². The number of benzene rings is 1. The number of rotatable bonds is 5. The Bertz CT molecular complexity index is 627. The van der Waals surface area contributed by atoms with Crippen molar-refractivity contribution in [2.24, 2.45) is 0 Å². The molecule has 27 heavy (non-hydrogen) atoms. The molecular weight excluding hydrogens is 345 g/mol. The van der Waals surface area contributed by atoms with E-state index in [4.69, 9.17) is 0 Å². The van der Waals surface area contributed by atoms with Crippen molar-refractivity contribution in [3.8, 4) is 0 Å². The largest absolute Gasteiger partial charge is 0.353 e. The average molecular weight is 375 g/mol. The van der Waals surface area contributed by atoms with Crippen LogP contribution in [0.15, 0.2) is 24.3 Å². The van der Waals surface area contributed by atoms with Crippen LogP contribution in [0.3, 0.4) is 0 Å². The molecule has 1 aromatic rings. The number of hydrogen-bond donors (Lipinski definition) is 2. The Hall–Kier alpha value is -1.95. The van der Waals surface area contributed by atoms with Crippen molar-refractivity contribution in [2.75, 3.05) is 13.1 Å². The number of amides is 2. The second-order valence-corrected chi connectivity index (χ2v) is 7.72. The van der Waals surface area contributed by atoms with E-state index in [9.17, 15) is 14.0 Å². The third-order valence-electron chi connectivity index (χ3n) is 5.59. The van der Waals surface area contributed by atoms with Crippen LogP contribution in [0, 0.1) is 5.82 Å². The maximum atomic E-state index is 13.1. The van der Waals surface area contributed by atoms with E-state index in [0.29, 0.717) is 19.6 Å². The zero-order valence-corrected chi connectivity index (χ0v) is 15.9. The molecule has 2 N–H and O–H groups in total. The van der Waals surface area contributed by atoms with Gasteiger partial charge in [-0.25, -0.2) is 4.39 Å². The number of carbonyl (C=O) groups is 2. The average Bonchev–Trinajstić information content (AvgIpc) is 2.62. The Kier molecular flexibility index (Phi) is 7.21. The molecule has 1 aliphatic carbocycles. The molecule has 2 fully saturated rings. The van der Waals surface area contributed by atoms with E-state index in [2.05, 4.69) is 10.6 Å². The van der Waals surface area contributed by atoms with E-state index >= 15 is 0 Å². The molecule has 2 amide bonds. The zero-order chi connectivity index (χ0) is 19.1. The molecule has 1 aromatic carbocycles. The first-order chi connectivity index (χ1) is 13.1. The lowest BCUT2D eigenvalue weighted by atomic mass is 9.96. The lowest BCUT2D eigenvalue weighted by Crippen LogP contribution is -2.56. The van der Waals surface area contributed by atoms with Crippen LogP contribution in [0.1, 0.15) is 56.9 Å². The fourth-order valence-corrected chi connectivity index (χ4v) is 4.06. The van der Waals surface area contributed by atoms with Crippen molar-refractivity contribution < 1.29 is 14.0 Å². The topological polar surface area (TPSA) is 61.4 Å². The highest BCUT2D eigenvalue weighted by Gasteiger charge is 2.32. The predicted octanol–water partition coefficient (Wildman–Crippen LogP) is 2.75. The van der Waals surface area contributed by atoms with E-state index < -0.39 is 6.04 Å². The summed E-state index contributed by atoms with van der Waals surface area (Å²) >= 11 is 0. The van der Waals surface area contributed by atoms with Gasteiger partial charge >= 0.3 is 0 Å². The smallest absolute Gasteiger partial charge is 0.237 e. The highest BCUT2D eigenvalue weighted by molar-refractivity contribution is 5.88. The first-order valence-corrected chi connectivity index (χ1v) is 10.2. The first-order valence-electron chi connectivity index (χ1n) is 10.2. The molecule has 148 valence electrons. The molecule has 3 rings (SSSR count). The summed E-state index contributed by atoms with van der Waals surface area (Å²) in [6, 6.07) is 6.07. The minimum absolute atomic E-state index is 0.0493. The highest BCUT2D eigenvalue weighted by Crippen LogP contribution is 2.18. The van der Waals surface area contributed by atoms with Crippen LogP contribution >= 0.6 is 0 Å². The normalized spacial score (nSPS) is 22.6. The fourth-order valence-electron chi connectivity index (χ4n) is 4.06. The molecule has 0 radical (unpaired) electrons. The van der Waals surface area contributed by atoms with Gasteiger partial charge in [-0.2, -0.15) is 0 Å². The van der Waals surface area contributed by atoms with Crippen molar-refractivity contribution in [2.45, 2.75) is 70.0 Å². The lowest BCUT2D eigenvalue weighted by Gasteiger charge is -2.35. The van der Waals surface area contributed by atoms with E-state index in [1.807, 2.05) is 4.90 Å². The van der Waals surface area contributed by atoms with Crippen LogP contribution in [0.5, 0.6) is 0 Å². The number of nitrogens with zero attached hydrogens (tertiary/aromatic N) is 1. The van der Waals surface area contributed by atoms with Crippen molar-refractivity contribution in [1.29, 1.82) is 0 Å². The van der Waals surface area contributed by atoms with Crippen LogP contribution < -0.4 is 10.6 Å². The Morgan fingerprint density at radius 1 is 1.11 bits per heavy atom. The van der Waals surface area contributed by atoms with E-state index in [1.165, 1.54) is 31.4 Å². The maximum absolute atomic E-state index is 13.1. The molecule has 0 bridgehead atoms. The quantitative estimate of drug-likeness (QED) is 0.832. The second-order valence-electron chi connectivity index (χ2n) is 7.72. The summed E-state index contributed by atoms with van der Waals surface area (Å²) in [5.41, 5.74) is 0.941. The van der Waals surface area contributed by atoms with Gasteiger partial charge in [-0.1, -0.05) is 44.2 Å². The molecule has 1 saturated carbocycles. The molecule has 1 aliphatic heterocycles. The van der Waals surface area contributed by atoms with Gasteiger partial charge in [0.15, 0.2) is 0 Å². The second kappa shape index (κ2) is 9.83. The molecule has 1 atom stereocenters. The van der Waals surface area contributed by atoms with Gasteiger partial charge in [0, 0.05) is 25.7 Å². The van der Waals surface area contributed by atoms with Crippen LogP contribution in [0.25, 0.3) is 0 Å². The molecule has 2 aliphatic rings. The highest BCUT2D eigenvalue weighted by atomic mass is 19.1. The predicted molar refractivity (Wildman–Crippen MR) is 102 cm³/mol. The van der Waals surface area contributed by atoms with Gasteiger partial charge in [0.2, 0.25) is 11.8 Å². The number of piperazine rings is 1. The molecule has 0 aromatic heterocycles. The summed E-state index contributed by atoms with van der Waals surface area (Å²) in [7, 11) is 0. The SMILES string of the molecule is O=C(C[C@@H]1C(=O)NCCN1Cc1ccc(F)cc1)NC1CCCCCCC1. The van der Waals surface area contributed by atoms with Crippen LogP contribution in [0.4, 0.5) is 4.39 Å². The number of nitrogens with one attached hydrogen (secondary N) is 2. The molecule has 1 heterocycles. The number of hydrogen-bond acceptors (Lipinski definition) is 3. The summed E-state index contributed by atoms with van der Waals surface area (Å²) in [4.78, 5) is 27.0. The molecule has 1 saturated heterocycles. The molecule has 0 spiro atoms. The van der Waals surface area contributed by atoms with Crippen molar-refractivity contribution in [1.82, 2.24) is 15.5 Å². The standard InChI is InChI=1S/C21H30FN3O2/c22-17-10-8-16(9-11-17)15-25-13-12-23-21(27)19(25)14-20(26)24-18-6-4-2-1-3-5-7-18/h8-11,18-19H,1-7,12-15H2,(H,23,27)(H,24,26)/t19-/m1/s1. The summed E-state index contributed by atoms with van der Waals surface area (Å²) < 4.78 is 13.1. The fraction of sp³-hybridized carbons (Fsp3) is 0.619. The Balaban J connectivity index is 1.58.